The highest BCUT2D eigenvalue weighted by Crippen LogP contribution is 2.67. The SMILES string of the molecule is CO[C@H]1CC[C@@]2(C)C(=CC[C@H]3[C@@H]4CC[C@H]([C@H](C)CC[C@@H](O)C(C)C)[C@@]4(C)CC[C@@H]32)C1. The van der Waals surface area contributed by atoms with E-state index in [0.717, 1.165) is 36.0 Å². The molecule has 0 aromatic heterocycles. The number of rotatable bonds is 6. The smallest absolute Gasteiger partial charge is 0.0608 e. The number of hydrogen-bond donors (Lipinski definition) is 1. The number of aliphatic hydroxyl groups excluding tert-OH is 1. The van der Waals surface area contributed by atoms with Gasteiger partial charge in [-0.25, -0.2) is 0 Å². The van der Waals surface area contributed by atoms with E-state index >= 15 is 0 Å². The molecule has 4 aliphatic carbocycles. The van der Waals surface area contributed by atoms with Crippen molar-refractivity contribution in [3.8, 4) is 0 Å². The fourth-order valence-corrected chi connectivity index (χ4v) is 8.77. The summed E-state index contributed by atoms with van der Waals surface area (Å²) in [6.07, 6.45) is 15.9. The van der Waals surface area contributed by atoms with E-state index in [0.29, 0.717) is 22.9 Å². The maximum absolute atomic E-state index is 10.3. The highest BCUT2D eigenvalue weighted by Gasteiger charge is 2.59. The van der Waals surface area contributed by atoms with Gasteiger partial charge in [-0.2, -0.15) is 0 Å². The molecule has 0 unspecified atom stereocenters. The number of fused-ring (bicyclic) bond motifs is 5. The Labute approximate surface area is 186 Å². The molecule has 3 saturated carbocycles. The largest absolute Gasteiger partial charge is 0.393 e. The van der Waals surface area contributed by atoms with Gasteiger partial charge in [0.15, 0.2) is 0 Å². The van der Waals surface area contributed by atoms with Crippen molar-refractivity contribution in [2.24, 2.45) is 46.3 Å². The van der Waals surface area contributed by atoms with Gasteiger partial charge in [0.1, 0.15) is 0 Å². The third-order valence-electron chi connectivity index (χ3n) is 10.8. The van der Waals surface area contributed by atoms with Gasteiger partial charge in [0.25, 0.3) is 0 Å². The van der Waals surface area contributed by atoms with Gasteiger partial charge in [-0.15, -0.1) is 0 Å². The first-order valence-electron chi connectivity index (χ1n) is 13.1. The predicted octanol–water partition coefficient (Wildman–Crippen LogP) is 7.01. The Bertz CT molecular complexity index is 639. The van der Waals surface area contributed by atoms with Crippen LogP contribution in [0.3, 0.4) is 0 Å². The molecule has 0 radical (unpaired) electrons. The molecule has 9 atom stereocenters. The summed E-state index contributed by atoms with van der Waals surface area (Å²) in [7, 11) is 1.89. The molecular weight excluding hydrogens is 368 g/mol. The Morgan fingerprint density at radius 3 is 2.50 bits per heavy atom. The topological polar surface area (TPSA) is 29.5 Å². The average Bonchev–Trinajstić information content (AvgIpc) is 3.08. The maximum atomic E-state index is 10.3. The Morgan fingerprint density at radius 1 is 1.03 bits per heavy atom. The molecule has 0 spiro atoms. The van der Waals surface area contributed by atoms with E-state index in [1.807, 2.05) is 7.11 Å². The van der Waals surface area contributed by atoms with E-state index in [9.17, 15) is 5.11 Å². The summed E-state index contributed by atoms with van der Waals surface area (Å²) in [5, 5.41) is 10.3. The minimum atomic E-state index is -0.128. The number of aliphatic hydroxyl groups is 1. The van der Waals surface area contributed by atoms with Crippen LogP contribution in [0.5, 0.6) is 0 Å². The molecule has 0 amide bonds. The third kappa shape index (κ3) is 3.72. The van der Waals surface area contributed by atoms with E-state index in [2.05, 4.69) is 40.7 Å². The van der Waals surface area contributed by atoms with Crippen LogP contribution in [0.2, 0.25) is 0 Å². The van der Waals surface area contributed by atoms with Gasteiger partial charge in [-0.1, -0.05) is 46.3 Å². The Kier molecular flexibility index (Phi) is 6.50. The lowest BCUT2D eigenvalue weighted by atomic mass is 9.47. The van der Waals surface area contributed by atoms with Gasteiger partial charge >= 0.3 is 0 Å². The molecule has 0 saturated heterocycles. The first-order chi connectivity index (χ1) is 14.2. The summed E-state index contributed by atoms with van der Waals surface area (Å²) in [5.41, 5.74) is 2.69. The molecule has 3 fully saturated rings. The molecule has 2 heteroatoms. The lowest BCUT2D eigenvalue weighted by Crippen LogP contribution is -2.51. The first-order valence-corrected chi connectivity index (χ1v) is 13.1. The molecule has 172 valence electrons. The van der Waals surface area contributed by atoms with Crippen molar-refractivity contribution in [3.05, 3.63) is 11.6 Å². The van der Waals surface area contributed by atoms with Crippen LogP contribution in [-0.4, -0.2) is 24.4 Å². The minimum absolute atomic E-state index is 0.128. The van der Waals surface area contributed by atoms with Crippen molar-refractivity contribution in [1.29, 1.82) is 0 Å². The summed E-state index contributed by atoms with van der Waals surface area (Å²) in [4.78, 5) is 0. The van der Waals surface area contributed by atoms with E-state index in [-0.39, 0.29) is 6.10 Å². The van der Waals surface area contributed by atoms with Gasteiger partial charge < -0.3 is 9.84 Å². The zero-order chi connectivity index (χ0) is 21.7. The summed E-state index contributed by atoms with van der Waals surface area (Å²) in [6.45, 7) is 12.0. The zero-order valence-electron chi connectivity index (χ0n) is 20.6. The molecule has 30 heavy (non-hydrogen) atoms. The standard InChI is InChI=1S/C28H48O2/c1-18(2)26(29)12-7-19(3)23-10-11-24-22-9-8-20-17-21(30-6)13-15-27(20,4)25(22)14-16-28(23,24)5/h8,18-19,21-26,29H,7,9-17H2,1-6H3/t19-,21+,22+,23-,24+,25+,26-,27+,28-/m1/s1. The summed E-state index contributed by atoms with van der Waals surface area (Å²) < 4.78 is 5.74. The lowest BCUT2D eigenvalue weighted by Gasteiger charge is -2.58. The van der Waals surface area contributed by atoms with E-state index in [1.54, 1.807) is 5.57 Å². The molecule has 0 aromatic carbocycles. The molecule has 0 bridgehead atoms. The molecule has 2 nitrogen and oxygen atoms in total. The lowest BCUT2D eigenvalue weighted by molar-refractivity contribution is -0.0607. The summed E-state index contributed by atoms with van der Waals surface area (Å²) in [6, 6.07) is 0. The van der Waals surface area contributed by atoms with Crippen LogP contribution in [0.25, 0.3) is 0 Å². The van der Waals surface area contributed by atoms with Gasteiger partial charge in [0.05, 0.1) is 12.2 Å². The van der Waals surface area contributed by atoms with Crippen molar-refractivity contribution in [2.45, 2.75) is 111 Å². The summed E-state index contributed by atoms with van der Waals surface area (Å²) >= 11 is 0. The molecule has 4 rings (SSSR count). The molecule has 1 N–H and O–H groups in total. The average molecular weight is 417 g/mol. The quantitative estimate of drug-likeness (QED) is 0.472. The van der Waals surface area contributed by atoms with Gasteiger partial charge in [0.2, 0.25) is 0 Å². The van der Waals surface area contributed by atoms with Crippen molar-refractivity contribution < 1.29 is 9.84 Å². The van der Waals surface area contributed by atoms with Gasteiger partial charge in [0, 0.05) is 7.11 Å². The van der Waals surface area contributed by atoms with Crippen LogP contribution in [0.4, 0.5) is 0 Å². The molecule has 4 aliphatic rings. The monoisotopic (exact) mass is 416 g/mol. The van der Waals surface area contributed by atoms with Crippen LogP contribution in [-0.2, 0) is 4.74 Å². The Balaban J connectivity index is 1.48. The van der Waals surface area contributed by atoms with Crippen molar-refractivity contribution in [1.82, 2.24) is 0 Å². The van der Waals surface area contributed by atoms with Crippen LogP contribution < -0.4 is 0 Å². The molecule has 0 aromatic rings. The minimum Gasteiger partial charge on any atom is -0.393 e. The fraction of sp³-hybridized carbons (Fsp3) is 0.929. The molecule has 0 heterocycles. The van der Waals surface area contributed by atoms with Crippen molar-refractivity contribution in [2.75, 3.05) is 7.11 Å². The fourth-order valence-electron chi connectivity index (χ4n) is 8.77. The second-order valence-corrected chi connectivity index (χ2v) is 12.5. The Morgan fingerprint density at radius 2 is 1.80 bits per heavy atom. The van der Waals surface area contributed by atoms with E-state index in [1.165, 1.54) is 57.8 Å². The third-order valence-corrected chi connectivity index (χ3v) is 10.8. The predicted molar refractivity (Wildman–Crippen MR) is 125 cm³/mol. The zero-order valence-corrected chi connectivity index (χ0v) is 20.6. The van der Waals surface area contributed by atoms with Crippen molar-refractivity contribution >= 4 is 0 Å². The number of ether oxygens (including phenoxy) is 1. The second-order valence-electron chi connectivity index (χ2n) is 12.5. The maximum Gasteiger partial charge on any atom is 0.0608 e. The first kappa shape index (κ1) is 22.8. The van der Waals surface area contributed by atoms with Crippen LogP contribution >= 0.6 is 0 Å². The Hall–Kier alpha value is -0.340. The van der Waals surface area contributed by atoms with Crippen molar-refractivity contribution in [3.63, 3.8) is 0 Å². The van der Waals surface area contributed by atoms with Crippen LogP contribution in [0.15, 0.2) is 11.6 Å². The van der Waals surface area contributed by atoms with E-state index < -0.39 is 0 Å². The van der Waals surface area contributed by atoms with Gasteiger partial charge in [-0.3, -0.25) is 0 Å². The highest BCUT2D eigenvalue weighted by molar-refractivity contribution is 5.25. The normalized spacial score (nSPS) is 45.3. The number of hydrogen-bond acceptors (Lipinski definition) is 2. The van der Waals surface area contributed by atoms with Gasteiger partial charge in [-0.05, 0) is 111 Å². The molecule has 0 aliphatic heterocycles. The number of allylic oxidation sites excluding steroid dienone is 1. The highest BCUT2D eigenvalue weighted by atomic mass is 16.5. The second kappa shape index (κ2) is 8.54. The van der Waals surface area contributed by atoms with Crippen LogP contribution in [0.1, 0.15) is 98.8 Å². The summed E-state index contributed by atoms with van der Waals surface area (Å²) in [5.74, 6) is 4.68. The molecular formula is C28H48O2. The number of methoxy groups -OCH3 is 1. The van der Waals surface area contributed by atoms with E-state index in [4.69, 9.17) is 4.74 Å². The van der Waals surface area contributed by atoms with Crippen LogP contribution in [0, 0.1) is 46.3 Å².